The Morgan fingerprint density at radius 1 is 1.60 bits per heavy atom. The fourth-order valence-electron chi connectivity index (χ4n) is 1.03. The summed E-state index contributed by atoms with van der Waals surface area (Å²) in [4.78, 5) is 24.9. The first-order valence-corrected chi connectivity index (χ1v) is 4.81. The molecule has 1 amide bonds. The lowest BCUT2D eigenvalue weighted by molar-refractivity contribution is 0.0943. The van der Waals surface area contributed by atoms with Crippen LogP contribution in [-0.4, -0.2) is 24.0 Å². The quantitative estimate of drug-likeness (QED) is 0.636. The molecule has 0 aliphatic rings. The van der Waals surface area contributed by atoms with E-state index in [2.05, 4.69) is 10.3 Å². The summed E-state index contributed by atoms with van der Waals surface area (Å²) < 4.78 is 0. The number of pyridine rings is 1. The maximum atomic E-state index is 11.5. The Labute approximate surface area is 87.7 Å². The number of aromatic amines is 1. The molecule has 15 heavy (non-hydrogen) atoms. The number of aromatic nitrogens is 1. The van der Waals surface area contributed by atoms with Crippen molar-refractivity contribution < 1.29 is 4.79 Å². The van der Waals surface area contributed by atoms with Crippen molar-refractivity contribution in [2.45, 2.75) is 6.92 Å². The monoisotopic (exact) mass is 209 g/mol. The van der Waals surface area contributed by atoms with Gasteiger partial charge in [0, 0.05) is 12.6 Å². The number of hydrogen-bond acceptors (Lipinski definition) is 3. The van der Waals surface area contributed by atoms with E-state index >= 15 is 0 Å². The van der Waals surface area contributed by atoms with Crippen molar-refractivity contribution in [1.82, 2.24) is 10.3 Å². The lowest BCUT2D eigenvalue weighted by Gasteiger charge is -2.09. The molecule has 0 spiro atoms. The number of carbonyl (C=O) groups excluding carboxylic acids is 1. The predicted octanol–water partition coefficient (Wildman–Crippen LogP) is -0.301. The Balaban J connectivity index is 2.58. The zero-order valence-corrected chi connectivity index (χ0v) is 8.62. The Bertz CT molecular complexity index is 386. The van der Waals surface area contributed by atoms with Crippen molar-refractivity contribution >= 4 is 5.91 Å². The molecule has 0 saturated heterocycles. The highest BCUT2D eigenvalue weighted by molar-refractivity contribution is 5.92. The molecule has 1 heterocycles. The Morgan fingerprint density at radius 2 is 2.33 bits per heavy atom. The average molecular weight is 209 g/mol. The van der Waals surface area contributed by atoms with E-state index in [9.17, 15) is 9.59 Å². The molecule has 5 nitrogen and oxygen atoms in total. The molecule has 5 heteroatoms. The van der Waals surface area contributed by atoms with Crippen LogP contribution in [0.15, 0.2) is 23.0 Å². The van der Waals surface area contributed by atoms with Gasteiger partial charge in [-0.2, -0.15) is 0 Å². The van der Waals surface area contributed by atoms with Gasteiger partial charge in [-0.05, 0) is 18.5 Å². The van der Waals surface area contributed by atoms with Crippen LogP contribution in [0.4, 0.5) is 0 Å². The minimum atomic E-state index is -0.284. The molecule has 1 unspecified atom stereocenters. The van der Waals surface area contributed by atoms with Crippen LogP contribution in [0, 0.1) is 5.92 Å². The standard InChI is InChI=1S/C10H15N3O2/c1-7(5-11)6-12-10(15)8-3-2-4-9(14)13-8/h2-4,7H,5-6,11H2,1H3,(H,12,15)(H,13,14). The van der Waals surface area contributed by atoms with Crippen LogP contribution >= 0.6 is 0 Å². The third-order valence-corrected chi connectivity index (χ3v) is 2.03. The van der Waals surface area contributed by atoms with Gasteiger partial charge in [-0.1, -0.05) is 13.0 Å². The minimum absolute atomic E-state index is 0.226. The van der Waals surface area contributed by atoms with Gasteiger partial charge >= 0.3 is 0 Å². The second kappa shape index (κ2) is 5.31. The summed E-state index contributed by atoms with van der Waals surface area (Å²) in [5, 5.41) is 2.69. The van der Waals surface area contributed by atoms with E-state index in [0.717, 1.165) is 0 Å². The molecule has 0 radical (unpaired) electrons. The molecule has 1 aromatic heterocycles. The zero-order valence-electron chi connectivity index (χ0n) is 8.62. The summed E-state index contributed by atoms with van der Waals surface area (Å²) in [7, 11) is 0. The molecule has 4 N–H and O–H groups in total. The van der Waals surface area contributed by atoms with Crippen LogP contribution in [0.3, 0.4) is 0 Å². The third kappa shape index (κ3) is 3.55. The minimum Gasteiger partial charge on any atom is -0.350 e. The number of rotatable bonds is 4. The lowest BCUT2D eigenvalue weighted by Crippen LogP contribution is -2.32. The van der Waals surface area contributed by atoms with Crippen molar-refractivity contribution in [3.63, 3.8) is 0 Å². The van der Waals surface area contributed by atoms with Crippen molar-refractivity contribution in [1.29, 1.82) is 0 Å². The van der Waals surface area contributed by atoms with E-state index in [0.29, 0.717) is 13.1 Å². The topological polar surface area (TPSA) is 88.0 Å². The second-order valence-corrected chi connectivity index (χ2v) is 3.48. The smallest absolute Gasteiger partial charge is 0.267 e. The number of carbonyl (C=O) groups is 1. The predicted molar refractivity (Wildman–Crippen MR) is 57.6 cm³/mol. The van der Waals surface area contributed by atoms with E-state index in [1.165, 1.54) is 6.07 Å². The van der Waals surface area contributed by atoms with Crippen molar-refractivity contribution in [2.75, 3.05) is 13.1 Å². The van der Waals surface area contributed by atoms with Gasteiger partial charge < -0.3 is 16.0 Å². The Kier molecular flexibility index (Phi) is 4.05. The van der Waals surface area contributed by atoms with Gasteiger partial charge in [0.25, 0.3) is 5.91 Å². The Morgan fingerprint density at radius 3 is 2.93 bits per heavy atom. The summed E-state index contributed by atoms with van der Waals surface area (Å²) in [6.45, 7) is 2.96. The molecule has 82 valence electrons. The third-order valence-electron chi connectivity index (χ3n) is 2.03. The molecular formula is C10H15N3O2. The van der Waals surface area contributed by atoms with Gasteiger partial charge in [-0.15, -0.1) is 0 Å². The SMILES string of the molecule is CC(CN)CNC(=O)c1cccc(=O)[nH]1. The number of nitrogens with one attached hydrogen (secondary N) is 2. The number of nitrogens with two attached hydrogens (primary N) is 1. The van der Waals surface area contributed by atoms with Crippen LogP contribution in [-0.2, 0) is 0 Å². The van der Waals surface area contributed by atoms with Crippen molar-refractivity contribution in [3.05, 3.63) is 34.2 Å². The molecule has 0 aromatic carbocycles. The maximum Gasteiger partial charge on any atom is 0.267 e. The summed E-state index contributed by atoms with van der Waals surface area (Å²) in [5.41, 5.74) is 5.40. The molecule has 0 bridgehead atoms. The average Bonchev–Trinajstić information content (AvgIpc) is 2.25. The highest BCUT2D eigenvalue weighted by Crippen LogP contribution is 1.92. The lowest BCUT2D eigenvalue weighted by atomic mass is 10.2. The van der Waals surface area contributed by atoms with Crippen LogP contribution in [0.25, 0.3) is 0 Å². The largest absolute Gasteiger partial charge is 0.350 e. The fraction of sp³-hybridized carbons (Fsp3) is 0.400. The van der Waals surface area contributed by atoms with E-state index in [1.54, 1.807) is 12.1 Å². The van der Waals surface area contributed by atoms with Gasteiger partial charge in [0.05, 0.1) is 0 Å². The van der Waals surface area contributed by atoms with Gasteiger partial charge in [-0.25, -0.2) is 0 Å². The van der Waals surface area contributed by atoms with E-state index in [4.69, 9.17) is 5.73 Å². The van der Waals surface area contributed by atoms with Gasteiger partial charge in [0.15, 0.2) is 0 Å². The van der Waals surface area contributed by atoms with E-state index in [1.807, 2.05) is 6.92 Å². The van der Waals surface area contributed by atoms with Crippen molar-refractivity contribution in [2.24, 2.45) is 11.7 Å². The number of H-pyrrole nitrogens is 1. The number of hydrogen-bond donors (Lipinski definition) is 3. The van der Waals surface area contributed by atoms with Gasteiger partial charge in [-0.3, -0.25) is 9.59 Å². The first kappa shape index (κ1) is 11.5. The first-order valence-electron chi connectivity index (χ1n) is 4.81. The van der Waals surface area contributed by atoms with Crippen molar-refractivity contribution in [3.8, 4) is 0 Å². The normalized spacial score (nSPS) is 12.1. The van der Waals surface area contributed by atoms with Crippen LogP contribution < -0.4 is 16.6 Å². The van der Waals surface area contributed by atoms with Crippen LogP contribution in [0.5, 0.6) is 0 Å². The highest BCUT2D eigenvalue weighted by atomic mass is 16.2. The van der Waals surface area contributed by atoms with Crippen LogP contribution in [0.1, 0.15) is 17.4 Å². The second-order valence-electron chi connectivity index (χ2n) is 3.48. The first-order chi connectivity index (χ1) is 7.13. The number of amides is 1. The molecule has 1 rings (SSSR count). The van der Waals surface area contributed by atoms with Gasteiger partial charge in [0.2, 0.25) is 5.56 Å². The molecule has 1 aromatic rings. The fourth-order valence-corrected chi connectivity index (χ4v) is 1.03. The van der Waals surface area contributed by atoms with E-state index < -0.39 is 0 Å². The molecule has 0 fully saturated rings. The summed E-state index contributed by atoms with van der Waals surface area (Å²) in [5.74, 6) is -0.0580. The summed E-state index contributed by atoms with van der Waals surface area (Å²) >= 11 is 0. The molecule has 0 aliphatic carbocycles. The Hall–Kier alpha value is -1.62. The molecule has 1 atom stereocenters. The van der Waals surface area contributed by atoms with Gasteiger partial charge in [0.1, 0.15) is 5.69 Å². The highest BCUT2D eigenvalue weighted by Gasteiger charge is 2.06. The van der Waals surface area contributed by atoms with Crippen LogP contribution in [0.2, 0.25) is 0 Å². The summed E-state index contributed by atoms with van der Waals surface area (Å²) in [6, 6.07) is 4.46. The zero-order chi connectivity index (χ0) is 11.3. The van der Waals surface area contributed by atoms with E-state index in [-0.39, 0.29) is 23.1 Å². The summed E-state index contributed by atoms with van der Waals surface area (Å²) in [6.07, 6.45) is 0. The molecular weight excluding hydrogens is 194 g/mol. The maximum absolute atomic E-state index is 11.5. The molecule has 0 aliphatic heterocycles. The molecule has 0 saturated carbocycles.